The van der Waals surface area contributed by atoms with Crippen molar-refractivity contribution in [1.29, 1.82) is 0 Å². The van der Waals surface area contributed by atoms with E-state index in [0.29, 0.717) is 37.9 Å². The van der Waals surface area contributed by atoms with E-state index in [0.717, 1.165) is 6.20 Å². The zero-order valence-corrected chi connectivity index (χ0v) is 27.5. The molecule has 2 aromatic rings. The standard InChI is InChI=1S/C32H42F4N6O6/c1-29(2,3)48-28(45)37-12-14-47-31(32(34,35)36)8-5-20(6-9-31)39-26(43)19-7-13-42(30(17-19)10-11-30)27(44)24-16-23(40-41-24)21-15-25(46-4)38-18-22(21)33/h15-16,18-20H,5-14,17H2,1-4H3,(H,37,45)(H,39,43)(H,40,41)/t19-,20?,31?/m0/s1. The number of alkyl carbamates (subject to hydrolysis) is 1. The van der Waals surface area contributed by atoms with Crippen LogP contribution in [0.2, 0.25) is 0 Å². The summed E-state index contributed by atoms with van der Waals surface area (Å²) in [5.41, 5.74) is -3.04. The van der Waals surface area contributed by atoms with Crippen molar-refractivity contribution < 1.29 is 46.2 Å². The number of piperidine rings is 1. The molecule has 3 N–H and O–H groups in total. The van der Waals surface area contributed by atoms with Gasteiger partial charge < -0.3 is 29.7 Å². The van der Waals surface area contributed by atoms with Crippen molar-refractivity contribution in [1.82, 2.24) is 30.7 Å². The first-order valence-electron chi connectivity index (χ1n) is 16.1. The van der Waals surface area contributed by atoms with Crippen molar-refractivity contribution in [3.63, 3.8) is 0 Å². The third-order valence-electron chi connectivity index (χ3n) is 9.27. The van der Waals surface area contributed by atoms with Gasteiger partial charge in [0.2, 0.25) is 11.8 Å². The van der Waals surface area contributed by atoms with Crippen LogP contribution in [0.3, 0.4) is 0 Å². The molecule has 2 saturated carbocycles. The molecule has 3 fully saturated rings. The van der Waals surface area contributed by atoms with Crippen molar-refractivity contribution in [3.05, 3.63) is 29.8 Å². The molecule has 3 aliphatic rings. The second kappa shape index (κ2) is 13.5. The van der Waals surface area contributed by atoms with E-state index in [1.54, 1.807) is 25.7 Å². The number of methoxy groups -OCH3 is 1. The Labute approximate surface area is 275 Å². The number of carbonyl (C=O) groups excluding carboxylic acids is 3. The SMILES string of the molecule is COc1cc(-c2cc(C(=O)N3CC[C@H](C(=O)NC4CCC(OCCNC(=O)OC(C)(C)C)(C(F)(F)F)CC4)CC34CC4)n[nH]2)c(F)cn1. The molecule has 2 aromatic heterocycles. The van der Waals surface area contributed by atoms with Crippen molar-refractivity contribution >= 4 is 17.9 Å². The molecule has 0 aromatic carbocycles. The lowest BCUT2D eigenvalue weighted by Crippen LogP contribution is -2.55. The summed E-state index contributed by atoms with van der Waals surface area (Å²) in [6.45, 7) is 4.86. The molecular formula is C32H42F4N6O6. The first kappa shape index (κ1) is 35.4. The predicted octanol–water partition coefficient (Wildman–Crippen LogP) is 4.91. The van der Waals surface area contributed by atoms with Gasteiger partial charge in [-0.25, -0.2) is 14.2 Å². The molecule has 5 rings (SSSR count). The maximum absolute atomic E-state index is 14.4. The smallest absolute Gasteiger partial charge is 0.417 e. The number of hydrogen-bond donors (Lipinski definition) is 3. The fraction of sp³-hybridized carbons (Fsp3) is 0.656. The summed E-state index contributed by atoms with van der Waals surface area (Å²) in [7, 11) is 1.41. The number of hydrogen-bond acceptors (Lipinski definition) is 8. The molecule has 12 nitrogen and oxygen atoms in total. The number of nitrogens with one attached hydrogen (secondary N) is 3. The Morgan fingerprint density at radius 3 is 2.42 bits per heavy atom. The molecule has 0 bridgehead atoms. The Morgan fingerprint density at radius 2 is 1.79 bits per heavy atom. The van der Waals surface area contributed by atoms with E-state index < -0.39 is 46.8 Å². The van der Waals surface area contributed by atoms with Gasteiger partial charge in [0.25, 0.3) is 5.91 Å². The number of ether oxygens (including phenoxy) is 3. The number of amides is 3. The number of aromatic amines is 1. The minimum Gasteiger partial charge on any atom is -0.481 e. The summed E-state index contributed by atoms with van der Waals surface area (Å²) in [5.74, 6) is -1.35. The number of pyridine rings is 1. The van der Waals surface area contributed by atoms with Crippen LogP contribution in [0.5, 0.6) is 5.88 Å². The molecule has 3 heterocycles. The molecule has 48 heavy (non-hydrogen) atoms. The topological polar surface area (TPSA) is 148 Å². The maximum Gasteiger partial charge on any atom is 0.417 e. The fourth-order valence-electron chi connectivity index (χ4n) is 6.57. The lowest BCUT2D eigenvalue weighted by Gasteiger charge is -2.42. The lowest BCUT2D eigenvalue weighted by atomic mass is 9.80. The molecule has 0 radical (unpaired) electrons. The Hall–Kier alpha value is -3.95. The monoisotopic (exact) mass is 682 g/mol. The number of likely N-dealkylation sites (tertiary alicyclic amines) is 1. The van der Waals surface area contributed by atoms with Gasteiger partial charge in [-0.3, -0.25) is 14.7 Å². The van der Waals surface area contributed by atoms with Crippen LogP contribution in [-0.2, 0) is 14.3 Å². The Balaban J connectivity index is 1.12. The maximum atomic E-state index is 14.4. The van der Waals surface area contributed by atoms with Crippen LogP contribution >= 0.6 is 0 Å². The summed E-state index contributed by atoms with van der Waals surface area (Å²) in [4.78, 5) is 44.2. The van der Waals surface area contributed by atoms with Gasteiger partial charge in [-0.1, -0.05) is 0 Å². The van der Waals surface area contributed by atoms with Crippen molar-refractivity contribution in [2.24, 2.45) is 5.92 Å². The second-order valence-electron chi connectivity index (χ2n) is 13.8. The summed E-state index contributed by atoms with van der Waals surface area (Å²) in [6.07, 6.45) is -2.58. The van der Waals surface area contributed by atoms with Crippen molar-refractivity contribution in [2.45, 2.75) is 101 Å². The van der Waals surface area contributed by atoms with E-state index in [1.807, 2.05) is 0 Å². The molecule has 16 heteroatoms. The minimum absolute atomic E-state index is 0.0820. The molecule has 1 spiro atoms. The summed E-state index contributed by atoms with van der Waals surface area (Å²) < 4.78 is 72.4. The number of alkyl halides is 3. The first-order chi connectivity index (χ1) is 22.5. The van der Waals surface area contributed by atoms with E-state index in [-0.39, 0.29) is 67.8 Å². The van der Waals surface area contributed by atoms with Gasteiger partial charge in [0, 0.05) is 42.2 Å². The van der Waals surface area contributed by atoms with Crippen LogP contribution in [0.4, 0.5) is 22.4 Å². The van der Waals surface area contributed by atoms with Crippen LogP contribution < -0.4 is 15.4 Å². The molecule has 0 unspecified atom stereocenters. The number of carbonyl (C=O) groups is 3. The highest BCUT2D eigenvalue weighted by atomic mass is 19.4. The Bertz CT molecular complexity index is 1500. The zero-order valence-electron chi connectivity index (χ0n) is 27.5. The molecule has 264 valence electrons. The first-order valence-corrected chi connectivity index (χ1v) is 16.1. The minimum atomic E-state index is -4.62. The van der Waals surface area contributed by atoms with Crippen LogP contribution in [-0.4, -0.2) is 93.8 Å². The second-order valence-corrected chi connectivity index (χ2v) is 13.8. The van der Waals surface area contributed by atoms with Crippen molar-refractivity contribution in [2.75, 3.05) is 26.8 Å². The van der Waals surface area contributed by atoms with Gasteiger partial charge in [-0.2, -0.15) is 18.3 Å². The Morgan fingerprint density at radius 1 is 1.08 bits per heavy atom. The van der Waals surface area contributed by atoms with Gasteiger partial charge >= 0.3 is 12.3 Å². The molecular weight excluding hydrogens is 640 g/mol. The van der Waals surface area contributed by atoms with E-state index in [2.05, 4.69) is 25.8 Å². The van der Waals surface area contributed by atoms with Crippen molar-refractivity contribution in [3.8, 4) is 17.1 Å². The highest BCUT2D eigenvalue weighted by Gasteiger charge is 2.58. The number of halogens is 4. The highest BCUT2D eigenvalue weighted by molar-refractivity contribution is 5.94. The molecule has 2 aliphatic carbocycles. The van der Waals surface area contributed by atoms with Gasteiger partial charge in [0.15, 0.2) is 17.1 Å². The zero-order chi connectivity index (χ0) is 34.9. The molecule has 3 amide bonds. The largest absolute Gasteiger partial charge is 0.481 e. The van der Waals surface area contributed by atoms with E-state index in [4.69, 9.17) is 14.2 Å². The van der Waals surface area contributed by atoms with Crippen LogP contribution in [0.15, 0.2) is 18.3 Å². The van der Waals surface area contributed by atoms with E-state index in [9.17, 15) is 31.9 Å². The van der Waals surface area contributed by atoms with Crippen LogP contribution in [0.1, 0.15) is 82.6 Å². The number of rotatable bonds is 9. The summed E-state index contributed by atoms with van der Waals surface area (Å²) in [5, 5.41) is 12.2. The average Bonchev–Trinajstić information content (AvgIpc) is 3.59. The third kappa shape index (κ3) is 7.84. The highest BCUT2D eigenvalue weighted by Crippen LogP contribution is 2.51. The molecule has 1 saturated heterocycles. The normalized spacial score (nSPS) is 23.8. The van der Waals surface area contributed by atoms with Gasteiger partial charge in [-0.15, -0.1) is 0 Å². The average molecular weight is 683 g/mol. The van der Waals surface area contributed by atoms with E-state index in [1.165, 1.54) is 19.2 Å². The summed E-state index contributed by atoms with van der Waals surface area (Å²) >= 11 is 0. The quantitative estimate of drug-likeness (QED) is 0.250. The van der Waals surface area contributed by atoms with Gasteiger partial charge in [0.1, 0.15) is 5.60 Å². The third-order valence-corrected chi connectivity index (χ3v) is 9.27. The Kier molecular flexibility index (Phi) is 9.96. The molecule has 1 aliphatic heterocycles. The number of H-pyrrole nitrogens is 1. The number of nitrogens with zero attached hydrogens (tertiary/aromatic N) is 3. The lowest BCUT2D eigenvalue weighted by molar-refractivity contribution is -0.288. The van der Waals surface area contributed by atoms with Gasteiger partial charge in [-0.05, 0) is 78.2 Å². The molecule has 1 atom stereocenters. The van der Waals surface area contributed by atoms with Gasteiger partial charge in [0.05, 0.1) is 25.6 Å². The predicted molar refractivity (Wildman–Crippen MR) is 163 cm³/mol. The number of aromatic nitrogens is 3. The fourth-order valence-corrected chi connectivity index (χ4v) is 6.57. The van der Waals surface area contributed by atoms with Crippen LogP contribution in [0.25, 0.3) is 11.3 Å². The summed E-state index contributed by atoms with van der Waals surface area (Å²) in [6, 6.07) is 2.43. The van der Waals surface area contributed by atoms with Crippen LogP contribution in [0, 0.1) is 11.7 Å². The van der Waals surface area contributed by atoms with E-state index >= 15 is 0 Å².